The highest BCUT2D eigenvalue weighted by molar-refractivity contribution is 6.02. The Hall–Kier alpha value is -2.68. The molecule has 9 heteroatoms. The predicted molar refractivity (Wildman–Crippen MR) is 109 cm³/mol. The number of hydrogen-bond donors (Lipinski definition) is 3. The van der Waals surface area contributed by atoms with Gasteiger partial charge in [-0.25, -0.2) is 4.39 Å². The Morgan fingerprint density at radius 3 is 2.83 bits per heavy atom. The average molecular weight is 407 g/mol. The average Bonchev–Trinajstić information content (AvgIpc) is 3.14. The van der Waals surface area contributed by atoms with E-state index in [1.807, 2.05) is 0 Å². The topological polar surface area (TPSA) is 99.3 Å². The van der Waals surface area contributed by atoms with Crippen molar-refractivity contribution >= 4 is 17.5 Å². The molecule has 1 atom stereocenters. The Bertz CT molecular complexity index is 736. The molecular formula is C20H30FN5O3. The van der Waals surface area contributed by atoms with Gasteiger partial charge >= 0.3 is 0 Å². The molecule has 8 nitrogen and oxygen atoms in total. The standard InChI is InChI=1S/C20H30FN5O3/c1-14(21)6-4-5-7-16(29-3)12-18(27)24-17-13-22-25-19(17)20(28)23-15-8-10-26(2)11-9-15/h4,6-7,13-15H,5,8-12H2,1-3H3,(H,22,25)(H,23,28)(H,24,27)/b6-4-,16-7+. The second-order valence-electron chi connectivity index (χ2n) is 7.15. The number of halogens is 1. The zero-order valence-corrected chi connectivity index (χ0v) is 17.2. The maximum atomic E-state index is 12.8. The van der Waals surface area contributed by atoms with Gasteiger partial charge in [0.1, 0.15) is 17.6 Å². The van der Waals surface area contributed by atoms with Gasteiger partial charge < -0.3 is 20.3 Å². The molecule has 0 radical (unpaired) electrons. The molecule has 0 aromatic carbocycles. The van der Waals surface area contributed by atoms with Gasteiger partial charge in [-0.05, 0) is 52.4 Å². The van der Waals surface area contributed by atoms with Crippen molar-refractivity contribution in [1.29, 1.82) is 0 Å². The molecule has 1 saturated heterocycles. The van der Waals surface area contributed by atoms with Crippen LogP contribution in [0.4, 0.5) is 10.1 Å². The quantitative estimate of drug-likeness (QED) is 0.431. The number of likely N-dealkylation sites (tertiary alicyclic amines) is 1. The number of rotatable bonds is 9. The molecule has 2 rings (SSSR count). The summed E-state index contributed by atoms with van der Waals surface area (Å²) in [6.45, 7) is 3.31. The normalized spacial score (nSPS) is 17.3. The first-order valence-corrected chi connectivity index (χ1v) is 9.75. The number of carbonyl (C=O) groups excluding carboxylic acids is 2. The van der Waals surface area contributed by atoms with Crippen LogP contribution in [0.5, 0.6) is 0 Å². The molecule has 1 aliphatic heterocycles. The molecule has 0 spiro atoms. The first-order valence-electron chi connectivity index (χ1n) is 9.75. The minimum Gasteiger partial charge on any atom is -0.501 e. The molecule has 1 fully saturated rings. The van der Waals surface area contributed by atoms with Crippen LogP contribution in [0.15, 0.2) is 30.2 Å². The number of ether oxygens (including phenoxy) is 1. The smallest absolute Gasteiger partial charge is 0.271 e. The summed E-state index contributed by atoms with van der Waals surface area (Å²) in [5, 5.41) is 12.2. The van der Waals surface area contributed by atoms with Crippen molar-refractivity contribution in [1.82, 2.24) is 20.4 Å². The number of methoxy groups -OCH3 is 1. The maximum absolute atomic E-state index is 12.8. The minimum absolute atomic E-state index is 0.00326. The monoisotopic (exact) mass is 407 g/mol. The third-order valence-electron chi connectivity index (χ3n) is 4.67. The van der Waals surface area contributed by atoms with Gasteiger partial charge in [-0.15, -0.1) is 0 Å². The van der Waals surface area contributed by atoms with Gasteiger partial charge in [0.15, 0.2) is 0 Å². The molecule has 29 heavy (non-hydrogen) atoms. The van der Waals surface area contributed by atoms with Gasteiger partial charge in [-0.3, -0.25) is 14.7 Å². The molecule has 0 aliphatic carbocycles. The molecule has 3 N–H and O–H groups in total. The molecule has 0 saturated carbocycles. The second-order valence-corrected chi connectivity index (χ2v) is 7.15. The van der Waals surface area contributed by atoms with Crippen LogP contribution in [0, 0.1) is 0 Å². The van der Waals surface area contributed by atoms with E-state index in [1.54, 1.807) is 12.2 Å². The summed E-state index contributed by atoms with van der Waals surface area (Å²) in [6.07, 6.45) is 7.43. The molecular weight excluding hydrogens is 377 g/mol. The second kappa shape index (κ2) is 11.4. The number of carbonyl (C=O) groups is 2. The molecule has 1 aliphatic rings. The zero-order valence-electron chi connectivity index (χ0n) is 17.2. The summed E-state index contributed by atoms with van der Waals surface area (Å²) in [5.74, 6) is -0.171. The maximum Gasteiger partial charge on any atom is 0.271 e. The molecule has 1 unspecified atom stereocenters. The number of amides is 2. The number of aromatic nitrogens is 2. The van der Waals surface area contributed by atoms with E-state index in [0.717, 1.165) is 25.9 Å². The molecule has 160 valence electrons. The van der Waals surface area contributed by atoms with Crippen LogP contribution in [0.3, 0.4) is 0 Å². The first-order chi connectivity index (χ1) is 13.9. The van der Waals surface area contributed by atoms with E-state index in [1.165, 1.54) is 26.3 Å². The Balaban J connectivity index is 1.90. The van der Waals surface area contributed by atoms with E-state index in [0.29, 0.717) is 17.9 Å². The number of piperidine rings is 1. The van der Waals surface area contributed by atoms with Gasteiger partial charge in [0.05, 0.1) is 25.4 Å². The third kappa shape index (κ3) is 7.69. The lowest BCUT2D eigenvalue weighted by molar-refractivity contribution is -0.116. The highest BCUT2D eigenvalue weighted by atomic mass is 19.1. The molecule has 2 heterocycles. The minimum atomic E-state index is -1.02. The number of allylic oxidation sites excluding steroid dienone is 3. The number of aromatic amines is 1. The van der Waals surface area contributed by atoms with Crippen LogP contribution in [0.1, 0.15) is 43.1 Å². The van der Waals surface area contributed by atoms with Gasteiger partial charge in [0, 0.05) is 6.04 Å². The SMILES string of the molecule is CO/C(=C/C/C=C\C(C)F)CC(=O)Nc1cn[nH]c1C(=O)NC1CCN(C)CC1. The highest BCUT2D eigenvalue weighted by Gasteiger charge is 2.22. The highest BCUT2D eigenvalue weighted by Crippen LogP contribution is 2.15. The van der Waals surface area contributed by atoms with Gasteiger partial charge in [-0.2, -0.15) is 5.10 Å². The van der Waals surface area contributed by atoms with Crippen LogP contribution in [-0.4, -0.2) is 66.4 Å². The molecule has 2 amide bonds. The van der Waals surface area contributed by atoms with Gasteiger partial charge in [0.25, 0.3) is 5.91 Å². The zero-order chi connectivity index (χ0) is 21.2. The number of hydrogen-bond acceptors (Lipinski definition) is 5. The van der Waals surface area contributed by atoms with Crippen molar-refractivity contribution in [2.24, 2.45) is 0 Å². The van der Waals surface area contributed by atoms with Crippen molar-refractivity contribution in [3.05, 3.63) is 35.9 Å². The number of H-pyrrole nitrogens is 1. The Labute approximate surface area is 170 Å². The summed E-state index contributed by atoms with van der Waals surface area (Å²) in [6, 6.07) is 0.105. The van der Waals surface area contributed by atoms with Crippen LogP contribution in [0.25, 0.3) is 0 Å². The van der Waals surface area contributed by atoms with E-state index in [2.05, 4.69) is 32.8 Å². The van der Waals surface area contributed by atoms with Crippen LogP contribution in [-0.2, 0) is 9.53 Å². The lowest BCUT2D eigenvalue weighted by atomic mass is 10.1. The summed E-state index contributed by atoms with van der Waals surface area (Å²) in [7, 11) is 3.53. The van der Waals surface area contributed by atoms with Gasteiger partial charge in [0.2, 0.25) is 5.91 Å². The van der Waals surface area contributed by atoms with Crippen LogP contribution >= 0.6 is 0 Å². The van der Waals surface area contributed by atoms with E-state index in [-0.39, 0.29) is 30.0 Å². The Kier molecular flexibility index (Phi) is 8.85. The Morgan fingerprint density at radius 1 is 1.45 bits per heavy atom. The van der Waals surface area contributed by atoms with Crippen molar-refractivity contribution < 1.29 is 18.7 Å². The summed E-state index contributed by atoms with van der Waals surface area (Å²) < 4.78 is 18.0. The van der Waals surface area contributed by atoms with Crippen molar-refractivity contribution in [2.45, 2.75) is 44.8 Å². The van der Waals surface area contributed by atoms with Crippen molar-refractivity contribution in [3.8, 4) is 0 Å². The molecule has 1 aromatic rings. The fraction of sp³-hybridized carbons (Fsp3) is 0.550. The number of nitrogens with one attached hydrogen (secondary N) is 3. The fourth-order valence-electron chi connectivity index (χ4n) is 3.01. The summed E-state index contributed by atoms with van der Waals surface area (Å²) >= 11 is 0. The number of anilines is 1. The van der Waals surface area contributed by atoms with Crippen molar-refractivity contribution in [3.63, 3.8) is 0 Å². The van der Waals surface area contributed by atoms with Crippen molar-refractivity contribution in [2.75, 3.05) is 32.6 Å². The number of alkyl halides is 1. The third-order valence-corrected chi connectivity index (χ3v) is 4.67. The summed E-state index contributed by atoms with van der Waals surface area (Å²) in [4.78, 5) is 27.1. The predicted octanol–water partition coefficient (Wildman–Crippen LogP) is 2.40. The number of nitrogens with zero attached hydrogens (tertiary/aromatic N) is 2. The largest absolute Gasteiger partial charge is 0.501 e. The molecule has 1 aromatic heterocycles. The first kappa shape index (κ1) is 22.6. The summed E-state index contributed by atoms with van der Waals surface area (Å²) in [5.41, 5.74) is 0.544. The lowest BCUT2D eigenvalue weighted by Gasteiger charge is -2.29. The van der Waals surface area contributed by atoms with E-state index in [9.17, 15) is 14.0 Å². The van der Waals surface area contributed by atoms with E-state index >= 15 is 0 Å². The van der Waals surface area contributed by atoms with E-state index in [4.69, 9.17) is 4.74 Å². The fourth-order valence-corrected chi connectivity index (χ4v) is 3.01. The van der Waals surface area contributed by atoms with Crippen LogP contribution < -0.4 is 10.6 Å². The Morgan fingerprint density at radius 2 is 2.17 bits per heavy atom. The van der Waals surface area contributed by atoms with E-state index < -0.39 is 6.17 Å². The lowest BCUT2D eigenvalue weighted by Crippen LogP contribution is -2.43. The molecule has 0 bridgehead atoms. The van der Waals surface area contributed by atoms with Gasteiger partial charge in [-0.1, -0.05) is 12.2 Å². The van der Waals surface area contributed by atoms with Crippen LogP contribution in [0.2, 0.25) is 0 Å².